The summed E-state index contributed by atoms with van der Waals surface area (Å²) in [4.78, 5) is 23.3. The topological polar surface area (TPSA) is 92.1 Å². The van der Waals surface area contributed by atoms with E-state index in [1.54, 1.807) is 14.1 Å². The summed E-state index contributed by atoms with van der Waals surface area (Å²) in [6.07, 6.45) is 0. The van der Waals surface area contributed by atoms with Crippen LogP contribution in [0.3, 0.4) is 0 Å². The van der Waals surface area contributed by atoms with Crippen LogP contribution < -0.4 is 0 Å². The molecule has 0 atom stereocenters. The van der Waals surface area contributed by atoms with Crippen molar-refractivity contribution in [1.29, 1.82) is 0 Å². The molecule has 7 heteroatoms. The van der Waals surface area contributed by atoms with Crippen molar-refractivity contribution in [3.05, 3.63) is 34.0 Å². The molecule has 0 aliphatic rings. The number of benzene rings is 1. The summed E-state index contributed by atoms with van der Waals surface area (Å²) in [5, 5.41) is 17.7. The summed E-state index contributed by atoms with van der Waals surface area (Å²) in [5.74, 6) is -0.295. The number of aromatic nitrogens is 2. The monoisotopic (exact) mass is 234 g/mol. The molecular weight excluding hydrogens is 224 g/mol. The Labute approximate surface area is 96.2 Å². The molecule has 0 saturated heterocycles. The first-order valence-electron chi connectivity index (χ1n) is 4.85. The molecule has 1 N–H and O–H groups in total. The van der Waals surface area contributed by atoms with E-state index < -0.39 is 4.92 Å². The molecule has 1 aromatic carbocycles. The molecule has 0 fully saturated rings. The maximum atomic E-state index is 11.8. The van der Waals surface area contributed by atoms with Crippen molar-refractivity contribution in [2.24, 2.45) is 0 Å². The Bertz CT molecular complexity index is 603. The fourth-order valence-electron chi connectivity index (χ4n) is 1.49. The van der Waals surface area contributed by atoms with Crippen LogP contribution in [0.25, 0.3) is 10.9 Å². The standard InChI is InChI=1S/C10H10N4O3/c1-13(2)10(15)9-7-5-6(14(16)17)3-4-8(7)11-12-9/h3-5H,1-2H3,(H,11,12). The average molecular weight is 234 g/mol. The molecule has 88 valence electrons. The molecule has 0 spiro atoms. The third-order valence-electron chi connectivity index (χ3n) is 2.37. The van der Waals surface area contributed by atoms with Crippen LogP contribution in [-0.4, -0.2) is 40.0 Å². The lowest BCUT2D eigenvalue weighted by Gasteiger charge is -2.07. The molecule has 0 unspecified atom stereocenters. The van der Waals surface area contributed by atoms with Crippen LogP contribution in [0.4, 0.5) is 5.69 Å². The number of H-pyrrole nitrogens is 1. The highest BCUT2D eigenvalue weighted by molar-refractivity contribution is 6.04. The molecule has 1 aromatic heterocycles. The fourth-order valence-corrected chi connectivity index (χ4v) is 1.49. The van der Waals surface area contributed by atoms with Gasteiger partial charge in [-0.3, -0.25) is 20.0 Å². The number of rotatable bonds is 2. The van der Waals surface area contributed by atoms with Gasteiger partial charge in [-0.1, -0.05) is 0 Å². The Balaban J connectivity index is 2.62. The van der Waals surface area contributed by atoms with Gasteiger partial charge < -0.3 is 4.90 Å². The van der Waals surface area contributed by atoms with Crippen LogP contribution in [0.1, 0.15) is 10.5 Å². The van der Waals surface area contributed by atoms with Gasteiger partial charge in [0.1, 0.15) is 0 Å². The third-order valence-corrected chi connectivity index (χ3v) is 2.37. The minimum atomic E-state index is -0.504. The first-order chi connectivity index (χ1) is 8.00. The minimum absolute atomic E-state index is 0.0632. The zero-order valence-electron chi connectivity index (χ0n) is 9.30. The Morgan fingerprint density at radius 2 is 2.18 bits per heavy atom. The van der Waals surface area contributed by atoms with E-state index in [1.165, 1.54) is 23.1 Å². The lowest BCUT2D eigenvalue weighted by molar-refractivity contribution is -0.384. The van der Waals surface area contributed by atoms with Gasteiger partial charge in [0, 0.05) is 31.6 Å². The molecule has 1 amide bonds. The largest absolute Gasteiger partial charge is 0.343 e. The highest BCUT2D eigenvalue weighted by atomic mass is 16.6. The summed E-state index contributed by atoms with van der Waals surface area (Å²) >= 11 is 0. The van der Waals surface area contributed by atoms with Crippen molar-refractivity contribution in [1.82, 2.24) is 15.1 Å². The molecule has 7 nitrogen and oxygen atoms in total. The molecule has 0 bridgehead atoms. The molecule has 1 heterocycles. The minimum Gasteiger partial charge on any atom is -0.343 e. The Hall–Kier alpha value is -2.44. The van der Waals surface area contributed by atoms with Crippen LogP contribution in [-0.2, 0) is 0 Å². The summed E-state index contributed by atoms with van der Waals surface area (Å²) in [5.41, 5.74) is 0.723. The number of carbonyl (C=O) groups excluding carboxylic acids is 1. The van der Waals surface area contributed by atoms with Gasteiger partial charge in [0.15, 0.2) is 5.69 Å². The van der Waals surface area contributed by atoms with Crippen molar-refractivity contribution in [3.8, 4) is 0 Å². The van der Waals surface area contributed by atoms with E-state index in [4.69, 9.17) is 0 Å². The number of fused-ring (bicyclic) bond motifs is 1. The smallest absolute Gasteiger partial charge is 0.274 e. The van der Waals surface area contributed by atoms with Gasteiger partial charge in [-0.05, 0) is 6.07 Å². The molecule has 2 rings (SSSR count). The van der Waals surface area contributed by atoms with Crippen molar-refractivity contribution < 1.29 is 9.72 Å². The number of hydrogen-bond acceptors (Lipinski definition) is 4. The van der Waals surface area contributed by atoms with Crippen LogP contribution in [0.5, 0.6) is 0 Å². The van der Waals surface area contributed by atoms with Crippen molar-refractivity contribution in [2.75, 3.05) is 14.1 Å². The fraction of sp³-hybridized carbons (Fsp3) is 0.200. The van der Waals surface area contributed by atoms with Crippen molar-refractivity contribution in [2.45, 2.75) is 0 Å². The van der Waals surface area contributed by atoms with E-state index in [-0.39, 0.29) is 17.3 Å². The molecule has 0 aliphatic heterocycles. The predicted molar refractivity (Wildman–Crippen MR) is 60.8 cm³/mol. The van der Waals surface area contributed by atoms with E-state index >= 15 is 0 Å². The number of carbonyl (C=O) groups is 1. The van der Waals surface area contributed by atoms with Crippen LogP contribution in [0.15, 0.2) is 18.2 Å². The number of aromatic amines is 1. The third kappa shape index (κ3) is 1.82. The zero-order chi connectivity index (χ0) is 12.6. The van der Waals surface area contributed by atoms with Crippen molar-refractivity contribution >= 4 is 22.5 Å². The molecule has 0 aliphatic carbocycles. The number of non-ortho nitro benzene ring substituents is 1. The van der Waals surface area contributed by atoms with Gasteiger partial charge in [0.25, 0.3) is 11.6 Å². The number of amides is 1. The SMILES string of the molecule is CN(C)C(=O)c1n[nH]c2ccc([N+](=O)[O-])cc12. The summed E-state index contributed by atoms with van der Waals surface area (Å²) < 4.78 is 0. The summed E-state index contributed by atoms with van der Waals surface area (Å²) in [7, 11) is 3.19. The Kier molecular flexibility index (Phi) is 2.51. The van der Waals surface area contributed by atoms with E-state index in [2.05, 4.69) is 10.2 Å². The lowest BCUT2D eigenvalue weighted by atomic mass is 10.2. The van der Waals surface area contributed by atoms with Gasteiger partial charge in [0.2, 0.25) is 0 Å². The van der Waals surface area contributed by atoms with Gasteiger partial charge in [-0.15, -0.1) is 0 Å². The highest BCUT2D eigenvalue weighted by Crippen LogP contribution is 2.22. The summed E-state index contributed by atoms with van der Waals surface area (Å²) in [6.45, 7) is 0. The second-order valence-corrected chi connectivity index (χ2v) is 3.76. The summed E-state index contributed by atoms with van der Waals surface area (Å²) in [6, 6.07) is 4.24. The number of nitrogens with one attached hydrogen (secondary N) is 1. The van der Waals surface area contributed by atoms with E-state index in [0.717, 1.165) is 0 Å². The van der Waals surface area contributed by atoms with Crippen LogP contribution >= 0.6 is 0 Å². The Morgan fingerprint density at radius 1 is 1.47 bits per heavy atom. The number of nitro benzene ring substituents is 1. The molecule has 17 heavy (non-hydrogen) atoms. The van der Waals surface area contributed by atoms with Gasteiger partial charge in [0.05, 0.1) is 10.4 Å². The molecule has 0 saturated carbocycles. The normalized spacial score (nSPS) is 10.5. The van der Waals surface area contributed by atoms with E-state index in [9.17, 15) is 14.9 Å². The van der Waals surface area contributed by atoms with Gasteiger partial charge in [-0.2, -0.15) is 5.10 Å². The van der Waals surface area contributed by atoms with Crippen molar-refractivity contribution in [3.63, 3.8) is 0 Å². The van der Waals surface area contributed by atoms with E-state index in [1.807, 2.05) is 0 Å². The van der Waals surface area contributed by atoms with Crippen LogP contribution in [0.2, 0.25) is 0 Å². The van der Waals surface area contributed by atoms with E-state index in [0.29, 0.717) is 10.9 Å². The quantitative estimate of drug-likeness (QED) is 0.623. The predicted octanol–water partition coefficient (Wildman–Crippen LogP) is 1.17. The zero-order valence-corrected chi connectivity index (χ0v) is 9.30. The molecular formula is C10H10N4O3. The number of nitro groups is 1. The van der Waals surface area contributed by atoms with Gasteiger partial charge >= 0.3 is 0 Å². The maximum Gasteiger partial charge on any atom is 0.274 e. The second-order valence-electron chi connectivity index (χ2n) is 3.76. The first-order valence-corrected chi connectivity index (χ1v) is 4.85. The Morgan fingerprint density at radius 3 is 2.76 bits per heavy atom. The highest BCUT2D eigenvalue weighted by Gasteiger charge is 2.18. The van der Waals surface area contributed by atoms with Crippen LogP contribution in [0, 0.1) is 10.1 Å². The lowest BCUT2D eigenvalue weighted by Crippen LogP contribution is -2.22. The number of nitrogens with zero attached hydrogens (tertiary/aromatic N) is 3. The number of hydrogen-bond donors (Lipinski definition) is 1. The average Bonchev–Trinajstić information content (AvgIpc) is 2.70. The van der Waals surface area contributed by atoms with Gasteiger partial charge in [-0.25, -0.2) is 0 Å². The second kappa shape index (κ2) is 3.85. The first kappa shape index (κ1) is 11.1. The molecule has 0 radical (unpaired) electrons. The molecule has 2 aromatic rings. The maximum absolute atomic E-state index is 11.8.